The number of hydrogen-bond donors (Lipinski definition) is 1. The number of rotatable bonds is 4. The van der Waals surface area contributed by atoms with Crippen LogP contribution in [0.1, 0.15) is 45.0 Å². The lowest BCUT2D eigenvalue weighted by Gasteiger charge is -2.59. The van der Waals surface area contributed by atoms with E-state index < -0.39 is 5.60 Å². The van der Waals surface area contributed by atoms with Crippen LogP contribution in [-0.4, -0.2) is 52.7 Å². The number of anilines is 2. The first-order valence-electron chi connectivity index (χ1n) is 10.8. The molecule has 0 unspecified atom stereocenters. The maximum atomic E-state index is 12.2. The number of carbonyl (C=O) groups is 1. The highest BCUT2D eigenvalue weighted by atomic mass is 35.5. The summed E-state index contributed by atoms with van der Waals surface area (Å²) in [5.74, 6) is 1.18. The van der Waals surface area contributed by atoms with Gasteiger partial charge in [0.25, 0.3) is 0 Å². The first kappa shape index (κ1) is 24.2. The Morgan fingerprint density at radius 2 is 1.82 bits per heavy atom. The van der Waals surface area contributed by atoms with Gasteiger partial charge in [0.1, 0.15) is 10.6 Å². The molecule has 7 nitrogen and oxygen atoms in total. The molecule has 1 N–H and O–H groups in total. The summed E-state index contributed by atoms with van der Waals surface area (Å²) in [6.45, 7) is 12.4. The van der Waals surface area contributed by atoms with E-state index in [0.29, 0.717) is 45.6 Å². The Balaban J connectivity index is 1.41. The van der Waals surface area contributed by atoms with Crippen LogP contribution in [0, 0.1) is 12.3 Å². The molecule has 0 bridgehead atoms. The van der Waals surface area contributed by atoms with Gasteiger partial charge in [-0.05, 0) is 52.3 Å². The Bertz CT molecular complexity index is 1070. The minimum Gasteiger partial charge on any atom is -0.444 e. The highest BCUT2D eigenvalue weighted by Gasteiger charge is 2.54. The second kappa shape index (κ2) is 8.67. The van der Waals surface area contributed by atoms with Gasteiger partial charge in [0.15, 0.2) is 5.82 Å². The number of aryl methyl sites for hydroxylation is 1. The first-order valence-corrected chi connectivity index (χ1v) is 12.0. The molecule has 178 valence electrons. The van der Waals surface area contributed by atoms with Crippen LogP contribution in [0.2, 0.25) is 15.1 Å². The van der Waals surface area contributed by atoms with E-state index in [0.717, 1.165) is 18.7 Å². The number of likely N-dealkylation sites (tertiary alicyclic amines) is 1. The molecule has 1 aromatic carbocycles. The summed E-state index contributed by atoms with van der Waals surface area (Å²) in [6, 6.07) is 5.27. The van der Waals surface area contributed by atoms with Gasteiger partial charge in [-0.3, -0.25) is 0 Å². The Morgan fingerprint density at radius 3 is 2.42 bits per heavy atom. The van der Waals surface area contributed by atoms with E-state index in [4.69, 9.17) is 44.5 Å². The minimum atomic E-state index is -0.489. The zero-order chi connectivity index (χ0) is 24.1. The fourth-order valence-corrected chi connectivity index (χ4v) is 4.95. The van der Waals surface area contributed by atoms with Crippen molar-refractivity contribution in [3.05, 3.63) is 44.5 Å². The molecule has 3 heterocycles. The first-order chi connectivity index (χ1) is 15.4. The van der Waals surface area contributed by atoms with Crippen molar-refractivity contribution in [2.75, 3.05) is 36.4 Å². The van der Waals surface area contributed by atoms with E-state index in [1.165, 1.54) is 0 Å². The van der Waals surface area contributed by atoms with Gasteiger partial charge in [-0.25, -0.2) is 9.78 Å². The highest BCUT2D eigenvalue weighted by molar-refractivity contribution is 6.35. The summed E-state index contributed by atoms with van der Waals surface area (Å²) in [7, 11) is 0. The average Bonchev–Trinajstić information content (AvgIpc) is 2.61. The van der Waals surface area contributed by atoms with Gasteiger partial charge in [-0.1, -0.05) is 40.9 Å². The van der Waals surface area contributed by atoms with Crippen molar-refractivity contribution in [3.63, 3.8) is 0 Å². The second-order valence-corrected chi connectivity index (χ2v) is 11.2. The molecule has 10 heteroatoms. The molecule has 1 atom stereocenters. The molecular weight excluding hydrogens is 485 g/mol. The maximum Gasteiger partial charge on any atom is 0.410 e. The van der Waals surface area contributed by atoms with Gasteiger partial charge in [0.2, 0.25) is 5.95 Å². The van der Waals surface area contributed by atoms with Gasteiger partial charge < -0.3 is 19.9 Å². The lowest BCUT2D eigenvalue weighted by atomic mass is 9.73. The quantitative estimate of drug-likeness (QED) is 0.544. The van der Waals surface area contributed by atoms with Crippen LogP contribution >= 0.6 is 34.8 Å². The highest BCUT2D eigenvalue weighted by Crippen LogP contribution is 2.42. The van der Waals surface area contributed by atoms with Crippen LogP contribution in [-0.2, 0) is 4.74 Å². The van der Waals surface area contributed by atoms with Crippen LogP contribution in [0.4, 0.5) is 16.6 Å². The second-order valence-electron chi connectivity index (χ2n) is 10.00. The summed E-state index contributed by atoms with van der Waals surface area (Å²) in [5.41, 5.74) is 1.18. The fraction of sp³-hybridized carbons (Fsp3) is 0.522. The Labute approximate surface area is 209 Å². The van der Waals surface area contributed by atoms with E-state index in [9.17, 15) is 4.79 Å². The predicted molar refractivity (Wildman–Crippen MR) is 133 cm³/mol. The molecule has 33 heavy (non-hydrogen) atoms. The average molecular weight is 513 g/mol. The summed E-state index contributed by atoms with van der Waals surface area (Å²) < 4.78 is 5.46. The van der Waals surface area contributed by atoms with Crippen molar-refractivity contribution in [1.82, 2.24) is 14.9 Å². The molecule has 2 saturated heterocycles. The van der Waals surface area contributed by atoms with Crippen LogP contribution in [0.15, 0.2) is 18.2 Å². The fourth-order valence-electron chi connectivity index (χ4n) is 4.24. The standard InChI is InChI=1S/C23H28Cl3N5O2/c1-13(16-7-6-15(24)8-17(16)25)27-19-18(26)14(2)28-20(29-19)30-9-23(10-30)11-31(12-23)21(32)33-22(3,4)5/h6-8,13H,9-12H2,1-5H3,(H,27,28,29)/t13-/m1/s1. The molecule has 2 aromatic rings. The molecule has 2 fully saturated rings. The minimum absolute atomic E-state index is 0.0749. The predicted octanol–water partition coefficient (Wildman–Crippen LogP) is 5.98. The Kier molecular flexibility index (Phi) is 6.35. The molecule has 2 aliphatic rings. The molecule has 4 rings (SSSR count). The van der Waals surface area contributed by atoms with Crippen molar-refractivity contribution < 1.29 is 9.53 Å². The van der Waals surface area contributed by atoms with Crippen molar-refractivity contribution in [1.29, 1.82) is 0 Å². The Morgan fingerprint density at radius 1 is 1.15 bits per heavy atom. The van der Waals surface area contributed by atoms with Crippen LogP contribution in [0.5, 0.6) is 0 Å². The van der Waals surface area contributed by atoms with E-state index in [2.05, 4.69) is 15.2 Å². The molecule has 0 radical (unpaired) electrons. The molecule has 2 aliphatic heterocycles. The number of nitrogens with one attached hydrogen (secondary N) is 1. The monoisotopic (exact) mass is 511 g/mol. The van der Waals surface area contributed by atoms with Crippen LogP contribution in [0.25, 0.3) is 0 Å². The number of benzene rings is 1. The van der Waals surface area contributed by atoms with Gasteiger partial charge in [-0.2, -0.15) is 4.98 Å². The third kappa shape index (κ3) is 5.10. The van der Waals surface area contributed by atoms with Crippen molar-refractivity contribution in [3.8, 4) is 0 Å². The largest absolute Gasteiger partial charge is 0.444 e. The normalized spacial score (nSPS) is 17.9. The Hall–Kier alpha value is -1.96. The van der Waals surface area contributed by atoms with Gasteiger partial charge in [0, 0.05) is 41.6 Å². The summed E-state index contributed by atoms with van der Waals surface area (Å²) >= 11 is 18.9. The third-order valence-corrected chi connectivity index (χ3v) is 6.84. The van der Waals surface area contributed by atoms with E-state index in [1.807, 2.05) is 40.7 Å². The van der Waals surface area contributed by atoms with Gasteiger partial charge in [0.05, 0.1) is 11.7 Å². The number of ether oxygens (including phenoxy) is 1. The van der Waals surface area contributed by atoms with Gasteiger partial charge in [-0.15, -0.1) is 0 Å². The topological polar surface area (TPSA) is 70.6 Å². The van der Waals surface area contributed by atoms with Gasteiger partial charge >= 0.3 is 6.09 Å². The van der Waals surface area contributed by atoms with E-state index in [-0.39, 0.29) is 17.6 Å². The maximum absolute atomic E-state index is 12.2. The molecule has 1 spiro atoms. The third-order valence-electron chi connectivity index (χ3n) is 5.83. The van der Waals surface area contributed by atoms with E-state index in [1.54, 1.807) is 17.0 Å². The lowest BCUT2D eigenvalue weighted by Crippen LogP contribution is -2.73. The lowest BCUT2D eigenvalue weighted by molar-refractivity contribution is -0.0456. The molecule has 0 saturated carbocycles. The zero-order valence-electron chi connectivity index (χ0n) is 19.4. The molecule has 1 amide bonds. The molecule has 1 aromatic heterocycles. The number of aromatic nitrogens is 2. The number of hydrogen-bond acceptors (Lipinski definition) is 6. The SMILES string of the molecule is Cc1nc(N2CC3(CN(C(=O)OC(C)(C)C)C3)C2)nc(N[C@H](C)c2ccc(Cl)cc2Cl)c1Cl. The molecule has 0 aliphatic carbocycles. The number of amides is 1. The number of carbonyl (C=O) groups excluding carboxylic acids is 1. The van der Waals surface area contributed by atoms with Crippen LogP contribution in [0.3, 0.4) is 0 Å². The van der Waals surface area contributed by atoms with Crippen molar-refractivity contribution in [2.45, 2.75) is 46.3 Å². The summed E-state index contributed by atoms with van der Waals surface area (Å²) in [5, 5.41) is 5.00. The number of nitrogens with zero attached hydrogens (tertiary/aromatic N) is 4. The van der Waals surface area contributed by atoms with Crippen molar-refractivity contribution >= 4 is 52.7 Å². The summed E-state index contributed by atoms with van der Waals surface area (Å²) in [4.78, 5) is 25.4. The molecular formula is C23H28Cl3N5O2. The van der Waals surface area contributed by atoms with Crippen molar-refractivity contribution in [2.24, 2.45) is 5.41 Å². The number of halogens is 3. The van der Waals surface area contributed by atoms with Crippen LogP contribution < -0.4 is 10.2 Å². The smallest absolute Gasteiger partial charge is 0.410 e. The summed E-state index contributed by atoms with van der Waals surface area (Å²) in [6.07, 6.45) is -0.258. The zero-order valence-corrected chi connectivity index (χ0v) is 21.6. The van der Waals surface area contributed by atoms with E-state index >= 15 is 0 Å².